The van der Waals surface area contributed by atoms with Gasteiger partial charge >= 0.3 is 0 Å². The Morgan fingerprint density at radius 3 is 2.74 bits per heavy atom. The molecule has 0 atom stereocenters. The Morgan fingerprint density at radius 1 is 1.42 bits per heavy atom. The number of ether oxygens (including phenoxy) is 1. The summed E-state index contributed by atoms with van der Waals surface area (Å²) in [5, 5.41) is 0.439. The Bertz CT molecular complexity index is 652. The van der Waals surface area contributed by atoms with Crippen LogP contribution in [0.15, 0.2) is 34.9 Å². The fraction of sp³-hybridized carbons (Fsp3) is 0. The molecular formula is C12H7BrClFN2O2. The van der Waals surface area contributed by atoms with Gasteiger partial charge in [0.1, 0.15) is 11.6 Å². The highest BCUT2D eigenvalue weighted by molar-refractivity contribution is 9.10. The highest BCUT2D eigenvalue weighted by Crippen LogP contribution is 2.30. The van der Waals surface area contributed by atoms with Crippen LogP contribution < -0.4 is 10.5 Å². The average molecular weight is 346 g/mol. The first kappa shape index (κ1) is 13.8. The summed E-state index contributed by atoms with van der Waals surface area (Å²) in [5.74, 6) is -1.17. The van der Waals surface area contributed by atoms with Crippen molar-refractivity contribution < 1.29 is 13.9 Å². The fourth-order valence-corrected chi connectivity index (χ4v) is 2.07. The number of nitrogens with two attached hydrogens (primary N) is 1. The Labute approximate surface area is 121 Å². The molecule has 1 heterocycles. The number of primary amides is 1. The highest BCUT2D eigenvalue weighted by atomic mass is 79.9. The molecule has 0 aliphatic rings. The van der Waals surface area contributed by atoms with Crippen molar-refractivity contribution in [1.29, 1.82) is 0 Å². The van der Waals surface area contributed by atoms with Crippen LogP contribution in [0.1, 0.15) is 10.4 Å². The maximum absolute atomic E-state index is 13.5. The van der Waals surface area contributed by atoms with Crippen molar-refractivity contribution in [2.75, 3.05) is 0 Å². The smallest absolute Gasteiger partial charge is 0.251 e. The van der Waals surface area contributed by atoms with Crippen LogP contribution in [0, 0.1) is 5.82 Å². The van der Waals surface area contributed by atoms with Gasteiger partial charge in [-0.1, -0.05) is 11.6 Å². The molecule has 4 nitrogen and oxygen atoms in total. The summed E-state index contributed by atoms with van der Waals surface area (Å²) in [4.78, 5) is 14.8. The van der Waals surface area contributed by atoms with E-state index in [4.69, 9.17) is 22.1 Å². The van der Waals surface area contributed by atoms with Crippen LogP contribution in [0.4, 0.5) is 4.39 Å². The quantitative estimate of drug-likeness (QED) is 0.925. The SMILES string of the molecule is NC(=O)c1ccc(Oc2ncc(Cl)cc2Br)cc1F. The molecule has 7 heteroatoms. The molecule has 2 rings (SSSR count). The van der Waals surface area contributed by atoms with E-state index in [1.54, 1.807) is 6.07 Å². The minimum Gasteiger partial charge on any atom is -0.438 e. The predicted octanol–water partition coefficient (Wildman–Crippen LogP) is 3.53. The number of rotatable bonds is 3. The minimum atomic E-state index is -0.838. The second kappa shape index (κ2) is 5.54. The molecule has 0 fully saturated rings. The van der Waals surface area contributed by atoms with Gasteiger partial charge in [-0.2, -0.15) is 0 Å². The largest absolute Gasteiger partial charge is 0.438 e. The molecule has 1 aromatic carbocycles. The van der Waals surface area contributed by atoms with E-state index in [-0.39, 0.29) is 17.2 Å². The van der Waals surface area contributed by atoms with Gasteiger partial charge in [0.2, 0.25) is 5.88 Å². The lowest BCUT2D eigenvalue weighted by Gasteiger charge is -2.07. The van der Waals surface area contributed by atoms with Crippen molar-refractivity contribution >= 4 is 33.4 Å². The molecule has 2 N–H and O–H groups in total. The summed E-state index contributed by atoms with van der Waals surface area (Å²) in [5.41, 5.74) is 4.81. The molecule has 0 saturated carbocycles. The van der Waals surface area contributed by atoms with Crippen LogP contribution in [-0.2, 0) is 0 Å². The van der Waals surface area contributed by atoms with Gasteiger partial charge in [0.25, 0.3) is 5.91 Å². The van der Waals surface area contributed by atoms with E-state index >= 15 is 0 Å². The number of nitrogens with zero attached hydrogens (tertiary/aromatic N) is 1. The van der Waals surface area contributed by atoms with Crippen molar-refractivity contribution in [1.82, 2.24) is 4.98 Å². The van der Waals surface area contributed by atoms with Crippen molar-refractivity contribution in [2.45, 2.75) is 0 Å². The molecule has 0 unspecified atom stereocenters. The first-order chi connectivity index (χ1) is 8.97. The van der Waals surface area contributed by atoms with E-state index in [9.17, 15) is 9.18 Å². The first-order valence-electron chi connectivity index (χ1n) is 5.05. The summed E-state index contributed by atoms with van der Waals surface area (Å²) >= 11 is 8.96. The maximum atomic E-state index is 13.5. The van der Waals surface area contributed by atoms with Crippen LogP contribution >= 0.6 is 27.5 Å². The third-order valence-corrected chi connectivity index (χ3v) is 2.97. The van der Waals surface area contributed by atoms with Gasteiger partial charge in [-0.25, -0.2) is 9.37 Å². The van der Waals surface area contributed by atoms with Crippen molar-refractivity contribution in [3.8, 4) is 11.6 Å². The minimum absolute atomic E-state index is 0.193. The molecule has 0 aliphatic heterocycles. The standard InChI is InChI=1S/C12H7BrClFN2O2/c13-9-3-6(14)5-17-12(9)19-7-1-2-8(11(16)18)10(15)4-7/h1-5H,(H2,16,18). The molecular weight excluding hydrogens is 338 g/mol. The molecule has 1 amide bonds. The molecule has 0 radical (unpaired) electrons. The zero-order valence-electron chi connectivity index (χ0n) is 9.36. The van der Waals surface area contributed by atoms with Crippen LogP contribution in [0.3, 0.4) is 0 Å². The van der Waals surface area contributed by atoms with E-state index in [1.807, 2.05) is 0 Å². The number of benzene rings is 1. The van der Waals surface area contributed by atoms with Gasteiger partial charge in [-0.05, 0) is 34.1 Å². The third kappa shape index (κ3) is 3.21. The first-order valence-corrected chi connectivity index (χ1v) is 6.22. The van der Waals surface area contributed by atoms with Crippen LogP contribution in [0.5, 0.6) is 11.6 Å². The van der Waals surface area contributed by atoms with Crippen LogP contribution in [0.2, 0.25) is 5.02 Å². The topological polar surface area (TPSA) is 65.2 Å². The Balaban J connectivity index is 2.29. The van der Waals surface area contributed by atoms with Crippen LogP contribution in [0.25, 0.3) is 0 Å². The summed E-state index contributed by atoms with van der Waals surface area (Å²) < 4.78 is 19.4. The Morgan fingerprint density at radius 2 is 2.16 bits per heavy atom. The Hall–Kier alpha value is -1.66. The summed E-state index contributed by atoms with van der Waals surface area (Å²) in [7, 11) is 0. The molecule has 0 bridgehead atoms. The van der Waals surface area contributed by atoms with Gasteiger partial charge in [0, 0.05) is 12.3 Å². The second-order valence-electron chi connectivity index (χ2n) is 3.55. The summed E-state index contributed by atoms with van der Waals surface area (Å²) in [6.07, 6.45) is 1.40. The highest BCUT2D eigenvalue weighted by Gasteiger charge is 2.11. The predicted molar refractivity (Wildman–Crippen MR) is 71.9 cm³/mol. The number of halogens is 3. The van der Waals surface area contributed by atoms with Crippen molar-refractivity contribution in [3.63, 3.8) is 0 Å². The van der Waals surface area contributed by atoms with E-state index in [2.05, 4.69) is 20.9 Å². The van der Waals surface area contributed by atoms with Crippen LogP contribution in [-0.4, -0.2) is 10.9 Å². The van der Waals surface area contributed by atoms with Gasteiger partial charge in [-0.15, -0.1) is 0 Å². The maximum Gasteiger partial charge on any atom is 0.251 e. The Kier molecular flexibility index (Phi) is 4.01. The normalized spacial score (nSPS) is 10.3. The second-order valence-corrected chi connectivity index (χ2v) is 4.84. The van der Waals surface area contributed by atoms with Crippen molar-refractivity contribution in [2.24, 2.45) is 5.73 Å². The average Bonchev–Trinajstić information content (AvgIpc) is 2.32. The molecule has 0 aliphatic carbocycles. The molecule has 0 spiro atoms. The number of aromatic nitrogens is 1. The number of carbonyl (C=O) groups is 1. The van der Waals surface area contributed by atoms with E-state index in [0.717, 1.165) is 6.07 Å². The number of hydrogen-bond acceptors (Lipinski definition) is 3. The molecule has 0 saturated heterocycles. The number of carbonyl (C=O) groups excluding carboxylic acids is 1. The lowest BCUT2D eigenvalue weighted by atomic mass is 10.2. The molecule has 19 heavy (non-hydrogen) atoms. The summed E-state index contributed by atoms with van der Waals surface area (Å²) in [6, 6.07) is 5.32. The van der Waals surface area contributed by atoms with E-state index < -0.39 is 11.7 Å². The number of hydrogen-bond donors (Lipinski definition) is 1. The molecule has 98 valence electrons. The molecule has 2 aromatic rings. The van der Waals surface area contributed by atoms with E-state index in [0.29, 0.717) is 9.50 Å². The monoisotopic (exact) mass is 344 g/mol. The lowest BCUT2D eigenvalue weighted by Crippen LogP contribution is -2.12. The zero-order chi connectivity index (χ0) is 14.0. The molecule has 1 aromatic heterocycles. The van der Waals surface area contributed by atoms with Gasteiger partial charge in [0.05, 0.1) is 15.1 Å². The van der Waals surface area contributed by atoms with Crippen molar-refractivity contribution in [3.05, 3.63) is 51.3 Å². The summed E-state index contributed by atoms with van der Waals surface area (Å²) in [6.45, 7) is 0. The lowest BCUT2D eigenvalue weighted by molar-refractivity contribution is 0.0996. The fourth-order valence-electron chi connectivity index (χ4n) is 1.35. The van der Waals surface area contributed by atoms with E-state index in [1.165, 1.54) is 18.3 Å². The third-order valence-electron chi connectivity index (χ3n) is 2.19. The van der Waals surface area contributed by atoms with Gasteiger partial charge in [0.15, 0.2) is 0 Å². The number of amides is 1. The number of pyridine rings is 1. The van der Waals surface area contributed by atoms with Gasteiger partial charge < -0.3 is 10.5 Å². The zero-order valence-corrected chi connectivity index (χ0v) is 11.7. The van der Waals surface area contributed by atoms with Gasteiger partial charge in [-0.3, -0.25) is 4.79 Å².